The molecule has 34 heavy (non-hydrogen) atoms. The predicted molar refractivity (Wildman–Crippen MR) is 133 cm³/mol. The van der Waals surface area contributed by atoms with E-state index < -0.39 is 11.2 Å². The zero-order chi connectivity index (χ0) is 24.4. The van der Waals surface area contributed by atoms with Gasteiger partial charge in [-0.1, -0.05) is 18.2 Å². The number of aryl methyl sites for hydroxylation is 2. The summed E-state index contributed by atoms with van der Waals surface area (Å²) in [5.74, 6) is 0.724. The molecule has 1 amide bonds. The van der Waals surface area contributed by atoms with Gasteiger partial charge in [-0.05, 0) is 54.6 Å². The lowest BCUT2D eigenvalue weighted by atomic mass is 10.1. The second-order valence-electron chi connectivity index (χ2n) is 7.92. The molecule has 0 spiro atoms. The van der Waals surface area contributed by atoms with Gasteiger partial charge in [-0.2, -0.15) is 0 Å². The predicted octanol–water partition coefficient (Wildman–Crippen LogP) is 3.16. The molecule has 0 radical (unpaired) electrons. The standard InChI is InChI=1S/C25H25N3O5S/c1-15-10-16(2)12-18(11-15)28-24(30)23-19(8-9-34-23)27(25(28)31)14-21(29)26-13-17-6-5-7-20(32-3)22(17)33-4/h5-12H,13-14H2,1-4H3,(H,26,29). The van der Waals surface area contributed by atoms with Gasteiger partial charge in [0.15, 0.2) is 11.5 Å². The summed E-state index contributed by atoms with van der Waals surface area (Å²) in [5.41, 5.74) is 2.58. The number of para-hydroxylation sites is 1. The lowest BCUT2D eigenvalue weighted by Gasteiger charge is -2.15. The van der Waals surface area contributed by atoms with Crippen LogP contribution in [0.1, 0.15) is 16.7 Å². The highest BCUT2D eigenvalue weighted by atomic mass is 32.1. The van der Waals surface area contributed by atoms with Crippen LogP contribution in [-0.4, -0.2) is 29.3 Å². The van der Waals surface area contributed by atoms with E-state index in [4.69, 9.17) is 9.47 Å². The smallest absolute Gasteiger partial charge is 0.336 e. The van der Waals surface area contributed by atoms with Crippen LogP contribution in [0.4, 0.5) is 0 Å². The fourth-order valence-electron chi connectivity index (χ4n) is 4.03. The number of carbonyl (C=O) groups is 1. The van der Waals surface area contributed by atoms with Crippen LogP contribution in [0, 0.1) is 13.8 Å². The molecule has 0 fully saturated rings. The second kappa shape index (κ2) is 9.56. The highest BCUT2D eigenvalue weighted by Gasteiger charge is 2.18. The highest BCUT2D eigenvalue weighted by molar-refractivity contribution is 7.17. The van der Waals surface area contributed by atoms with Crippen molar-refractivity contribution in [3.63, 3.8) is 0 Å². The van der Waals surface area contributed by atoms with Crippen LogP contribution >= 0.6 is 11.3 Å². The molecule has 2 heterocycles. The SMILES string of the molecule is COc1cccc(CNC(=O)Cn2c(=O)n(-c3cc(C)cc(C)c3)c(=O)c3sccc32)c1OC. The van der Waals surface area contributed by atoms with E-state index in [0.717, 1.165) is 21.3 Å². The Morgan fingerprint density at radius 2 is 1.76 bits per heavy atom. The van der Waals surface area contributed by atoms with Crippen molar-refractivity contribution in [3.8, 4) is 17.2 Å². The number of aromatic nitrogens is 2. The van der Waals surface area contributed by atoms with Gasteiger partial charge in [0.2, 0.25) is 5.91 Å². The van der Waals surface area contributed by atoms with E-state index in [9.17, 15) is 14.4 Å². The molecular formula is C25H25N3O5S. The van der Waals surface area contributed by atoms with Gasteiger partial charge >= 0.3 is 5.69 Å². The van der Waals surface area contributed by atoms with Gasteiger partial charge in [0.1, 0.15) is 11.2 Å². The van der Waals surface area contributed by atoms with Gasteiger partial charge in [0.25, 0.3) is 5.56 Å². The zero-order valence-corrected chi connectivity index (χ0v) is 20.2. The molecule has 9 heteroatoms. The van der Waals surface area contributed by atoms with Gasteiger partial charge < -0.3 is 14.8 Å². The molecule has 0 unspecified atom stereocenters. The molecule has 0 aliphatic rings. The Bertz CT molecular complexity index is 1480. The third-order valence-corrected chi connectivity index (χ3v) is 6.37. The molecule has 0 aliphatic heterocycles. The van der Waals surface area contributed by atoms with Crippen LogP contribution in [0.2, 0.25) is 0 Å². The molecule has 4 rings (SSSR count). The molecular weight excluding hydrogens is 454 g/mol. The molecule has 0 saturated carbocycles. The third kappa shape index (κ3) is 4.34. The summed E-state index contributed by atoms with van der Waals surface area (Å²) in [7, 11) is 3.08. The average molecular weight is 480 g/mol. The molecule has 0 saturated heterocycles. The number of rotatable bonds is 7. The highest BCUT2D eigenvalue weighted by Crippen LogP contribution is 2.30. The van der Waals surface area contributed by atoms with Gasteiger partial charge in [-0.25, -0.2) is 9.36 Å². The number of benzene rings is 2. The van der Waals surface area contributed by atoms with Crippen LogP contribution in [0.3, 0.4) is 0 Å². The summed E-state index contributed by atoms with van der Waals surface area (Å²) < 4.78 is 13.6. The maximum atomic E-state index is 13.4. The lowest BCUT2D eigenvalue weighted by molar-refractivity contribution is -0.121. The normalized spacial score (nSPS) is 10.9. The Morgan fingerprint density at radius 1 is 1.03 bits per heavy atom. The fourth-order valence-corrected chi connectivity index (χ4v) is 4.86. The van der Waals surface area contributed by atoms with Crippen molar-refractivity contribution < 1.29 is 14.3 Å². The topological polar surface area (TPSA) is 91.6 Å². The first-order valence-electron chi connectivity index (χ1n) is 10.6. The van der Waals surface area contributed by atoms with Crippen molar-refractivity contribution in [1.82, 2.24) is 14.5 Å². The number of amides is 1. The van der Waals surface area contributed by atoms with Crippen LogP contribution < -0.4 is 26.0 Å². The van der Waals surface area contributed by atoms with Crippen LogP contribution in [0.15, 0.2) is 57.4 Å². The van der Waals surface area contributed by atoms with Crippen LogP contribution in [0.5, 0.6) is 11.5 Å². The molecule has 2 aromatic heterocycles. The summed E-state index contributed by atoms with van der Waals surface area (Å²) in [5, 5.41) is 4.57. The zero-order valence-electron chi connectivity index (χ0n) is 19.4. The summed E-state index contributed by atoms with van der Waals surface area (Å²) in [6.45, 7) is 3.77. The summed E-state index contributed by atoms with van der Waals surface area (Å²) in [6.07, 6.45) is 0. The largest absolute Gasteiger partial charge is 0.493 e. The number of carbonyl (C=O) groups excluding carboxylic acids is 1. The number of hydrogen-bond donors (Lipinski definition) is 1. The van der Waals surface area contributed by atoms with Crippen molar-refractivity contribution >= 4 is 27.5 Å². The van der Waals surface area contributed by atoms with E-state index in [1.54, 1.807) is 36.8 Å². The number of fused-ring (bicyclic) bond motifs is 1. The van der Waals surface area contributed by atoms with Gasteiger partial charge in [0, 0.05) is 12.1 Å². The Labute approximate surface area is 200 Å². The lowest BCUT2D eigenvalue weighted by Crippen LogP contribution is -2.41. The van der Waals surface area contributed by atoms with E-state index in [1.807, 2.05) is 32.0 Å². The number of hydrogen-bond acceptors (Lipinski definition) is 6. The summed E-state index contributed by atoms with van der Waals surface area (Å²) in [6, 6.07) is 12.6. The number of nitrogens with zero attached hydrogens (tertiary/aromatic N) is 2. The van der Waals surface area contributed by atoms with Crippen molar-refractivity contribution in [2.45, 2.75) is 26.9 Å². The van der Waals surface area contributed by atoms with E-state index in [0.29, 0.717) is 27.4 Å². The first kappa shape index (κ1) is 23.3. The Kier molecular flexibility index (Phi) is 6.56. The summed E-state index contributed by atoms with van der Waals surface area (Å²) in [4.78, 5) is 39.5. The Balaban J connectivity index is 1.69. The Hall–Kier alpha value is -3.85. The van der Waals surface area contributed by atoms with Gasteiger partial charge in [0.05, 0.1) is 25.4 Å². The average Bonchev–Trinajstić information content (AvgIpc) is 3.29. The molecule has 8 nitrogen and oxygen atoms in total. The molecule has 4 aromatic rings. The monoisotopic (exact) mass is 479 g/mol. The summed E-state index contributed by atoms with van der Waals surface area (Å²) >= 11 is 1.25. The van der Waals surface area contributed by atoms with Crippen LogP contribution in [0.25, 0.3) is 15.9 Å². The molecule has 0 aliphatic carbocycles. The third-order valence-electron chi connectivity index (χ3n) is 5.48. The number of ether oxygens (including phenoxy) is 2. The van der Waals surface area contributed by atoms with E-state index in [-0.39, 0.29) is 19.0 Å². The first-order valence-corrected chi connectivity index (χ1v) is 11.5. The van der Waals surface area contributed by atoms with E-state index in [2.05, 4.69) is 5.32 Å². The first-order chi connectivity index (χ1) is 16.3. The minimum Gasteiger partial charge on any atom is -0.493 e. The fraction of sp³-hybridized carbons (Fsp3) is 0.240. The molecule has 0 bridgehead atoms. The maximum absolute atomic E-state index is 13.4. The van der Waals surface area contributed by atoms with Crippen LogP contribution in [-0.2, 0) is 17.9 Å². The quantitative estimate of drug-likeness (QED) is 0.440. The number of methoxy groups -OCH3 is 2. The van der Waals surface area contributed by atoms with Gasteiger partial charge in [-0.3, -0.25) is 14.2 Å². The minimum absolute atomic E-state index is 0.192. The Morgan fingerprint density at radius 3 is 2.44 bits per heavy atom. The maximum Gasteiger partial charge on any atom is 0.336 e. The molecule has 1 N–H and O–H groups in total. The number of nitrogens with one attached hydrogen (secondary N) is 1. The van der Waals surface area contributed by atoms with Crippen molar-refractivity contribution in [1.29, 1.82) is 0 Å². The molecule has 2 aromatic carbocycles. The minimum atomic E-state index is -0.560. The second-order valence-corrected chi connectivity index (χ2v) is 8.84. The van der Waals surface area contributed by atoms with Gasteiger partial charge in [-0.15, -0.1) is 11.3 Å². The molecule has 176 valence electrons. The number of thiophene rings is 1. The van der Waals surface area contributed by atoms with E-state index in [1.165, 1.54) is 23.0 Å². The van der Waals surface area contributed by atoms with Crippen molar-refractivity contribution in [2.24, 2.45) is 0 Å². The molecule has 0 atom stereocenters. The van der Waals surface area contributed by atoms with Crippen molar-refractivity contribution in [3.05, 3.63) is 85.4 Å². The van der Waals surface area contributed by atoms with Crippen molar-refractivity contribution in [2.75, 3.05) is 14.2 Å². The van der Waals surface area contributed by atoms with E-state index >= 15 is 0 Å².